The third kappa shape index (κ3) is 5.73. The SMILES string of the molecule is [CH2-]CC(C[CH2-])(Cc1cccnc1)C(=N)OC(CC)CO.[U+2]. The summed E-state index contributed by atoms with van der Waals surface area (Å²) in [7, 11) is 0. The number of nitrogens with one attached hydrogen (secondary N) is 1. The third-order valence-electron chi connectivity index (χ3n) is 3.65. The minimum absolute atomic E-state index is 0. The van der Waals surface area contributed by atoms with Crippen LogP contribution in [0.25, 0.3) is 0 Å². The first-order chi connectivity index (χ1) is 9.61. The predicted octanol–water partition coefficient (Wildman–Crippen LogP) is 2.82. The molecule has 1 aromatic heterocycles. The molecule has 0 amide bonds. The number of aliphatic hydroxyl groups is 1. The van der Waals surface area contributed by atoms with Crippen LogP contribution in [0.15, 0.2) is 24.5 Å². The van der Waals surface area contributed by atoms with Crippen LogP contribution in [0.3, 0.4) is 0 Å². The van der Waals surface area contributed by atoms with Crippen molar-refractivity contribution in [1.82, 2.24) is 4.98 Å². The summed E-state index contributed by atoms with van der Waals surface area (Å²) in [5, 5.41) is 17.5. The van der Waals surface area contributed by atoms with Crippen LogP contribution in [0.2, 0.25) is 0 Å². The molecule has 0 aromatic carbocycles. The molecular formula is C16H24N2O2U. The van der Waals surface area contributed by atoms with Crippen molar-refractivity contribution in [1.29, 1.82) is 5.41 Å². The van der Waals surface area contributed by atoms with E-state index in [2.05, 4.69) is 18.8 Å². The zero-order chi connectivity index (χ0) is 15.0. The van der Waals surface area contributed by atoms with Crippen LogP contribution in [-0.2, 0) is 11.2 Å². The topological polar surface area (TPSA) is 66.2 Å². The van der Waals surface area contributed by atoms with Crippen molar-refractivity contribution in [3.8, 4) is 0 Å². The molecule has 0 aliphatic carbocycles. The van der Waals surface area contributed by atoms with E-state index in [0.717, 1.165) is 5.56 Å². The fraction of sp³-hybridized carbons (Fsp3) is 0.500. The molecule has 2 N–H and O–H groups in total. The van der Waals surface area contributed by atoms with Gasteiger partial charge in [-0.15, -0.1) is 0 Å². The summed E-state index contributed by atoms with van der Waals surface area (Å²) in [4.78, 5) is 4.10. The first kappa shape index (κ1) is 20.6. The Hall–Kier alpha value is -0.368. The molecule has 0 bridgehead atoms. The second-order valence-corrected chi connectivity index (χ2v) is 4.98. The maximum Gasteiger partial charge on any atom is 2.00 e. The van der Waals surface area contributed by atoms with Gasteiger partial charge >= 0.3 is 31.1 Å². The molecule has 0 aliphatic heterocycles. The van der Waals surface area contributed by atoms with Gasteiger partial charge in [-0.1, -0.05) is 13.0 Å². The number of hydrogen-bond acceptors (Lipinski definition) is 4. The van der Waals surface area contributed by atoms with Gasteiger partial charge in [-0.2, -0.15) is 12.8 Å². The van der Waals surface area contributed by atoms with Crippen molar-refractivity contribution in [3.05, 3.63) is 43.9 Å². The summed E-state index contributed by atoms with van der Waals surface area (Å²) < 4.78 is 5.60. The smallest absolute Gasteiger partial charge is 0.475 e. The molecule has 0 radical (unpaired) electrons. The van der Waals surface area contributed by atoms with Gasteiger partial charge in [0.25, 0.3) is 0 Å². The van der Waals surface area contributed by atoms with Crippen molar-refractivity contribution >= 4 is 5.90 Å². The number of rotatable bonds is 8. The summed E-state index contributed by atoms with van der Waals surface area (Å²) in [5.74, 6) is 0.159. The van der Waals surface area contributed by atoms with E-state index in [9.17, 15) is 5.11 Å². The van der Waals surface area contributed by atoms with Gasteiger partial charge in [0, 0.05) is 12.4 Å². The van der Waals surface area contributed by atoms with Crippen molar-refractivity contribution in [3.63, 3.8) is 0 Å². The monoisotopic (exact) mass is 514 g/mol. The normalized spacial score (nSPS) is 12.4. The molecule has 1 atom stereocenters. The van der Waals surface area contributed by atoms with Crippen LogP contribution in [0, 0.1) is 55.8 Å². The van der Waals surface area contributed by atoms with Gasteiger partial charge in [0.1, 0.15) is 6.10 Å². The summed E-state index contributed by atoms with van der Waals surface area (Å²) >= 11 is 0. The zero-order valence-corrected chi connectivity index (χ0v) is 16.8. The summed E-state index contributed by atoms with van der Waals surface area (Å²) in [6.45, 7) is 9.76. The van der Waals surface area contributed by atoms with Crippen molar-refractivity contribution < 1.29 is 41.0 Å². The third-order valence-corrected chi connectivity index (χ3v) is 3.65. The summed E-state index contributed by atoms with van der Waals surface area (Å²) in [6, 6.07) is 3.85. The van der Waals surface area contributed by atoms with Crippen LogP contribution in [0.1, 0.15) is 31.7 Å². The molecule has 5 heteroatoms. The van der Waals surface area contributed by atoms with Gasteiger partial charge in [-0.3, -0.25) is 10.4 Å². The molecular weight excluding hydrogens is 490 g/mol. The van der Waals surface area contributed by atoms with E-state index >= 15 is 0 Å². The van der Waals surface area contributed by atoms with Crippen LogP contribution in [0.5, 0.6) is 0 Å². The van der Waals surface area contributed by atoms with Gasteiger partial charge in [0.05, 0.1) is 6.61 Å². The Morgan fingerprint density at radius 2 is 2.14 bits per heavy atom. The molecule has 0 saturated carbocycles. The molecule has 0 aliphatic rings. The first-order valence-electron chi connectivity index (χ1n) is 6.95. The number of pyridine rings is 1. The fourth-order valence-corrected chi connectivity index (χ4v) is 2.04. The van der Waals surface area contributed by atoms with Gasteiger partial charge in [-0.05, 0) is 29.9 Å². The molecule has 1 aromatic rings. The van der Waals surface area contributed by atoms with E-state index < -0.39 is 5.41 Å². The van der Waals surface area contributed by atoms with E-state index in [4.69, 9.17) is 10.1 Å². The van der Waals surface area contributed by atoms with Gasteiger partial charge in [0.2, 0.25) is 0 Å². The average Bonchev–Trinajstić information content (AvgIpc) is 2.51. The van der Waals surface area contributed by atoms with E-state index in [1.165, 1.54) is 0 Å². The molecule has 1 heterocycles. The van der Waals surface area contributed by atoms with Crippen molar-refractivity contribution in [2.75, 3.05) is 6.61 Å². The standard InChI is InChI=1S/C16H24N2O2.U/c1-4-14(12-19)20-15(17)16(5-2,6-3)10-13-8-7-9-18-11-13;/h7-9,11,14,17,19H,2-6,10,12H2,1H3;/q-2;+2. The molecule has 1 unspecified atom stereocenters. The van der Waals surface area contributed by atoms with Crippen LogP contribution >= 0.6 is 0 Å². The van der Waals surface area contributed by atoms with Crippen molar-refractivity contribution in [2.24, 2.45) is 5.41 Å². The van der Waals surface area contributed by atoms with Crippen LogP contribution in [0.4, 0.5) is 0 Å². The first-order valence-corrected chi connectivity index (χ1v) is 6.95. The number of nitrogens with zero attached hydrogens (tertiary/aromatic N) is 1. The number of aliphatic hydroxyl groups excluding tert-OH is 1. The fourth-order valence-electron chi connectivity index (χ4n) is 2.04. The molecule has 0 spiro atoms. The Morgan fingerprint density at radius 3 is 2.57 bits per heavy atom. The molecule has 4 nitrogen and oxygen atoms in total. The quantitative estimate of drug-likeness (QED) is 0.319. The van der Waals surface area contributed by atoms with Gasteiger partial charge in [-0.25, -0.2) is 0 Å². The molecule has 0 saturated heterocycles. The van der Waals surface area contributed by atoms with E-state index in [1.54, 1.807) is 12.4 Å². The van der Waals surface area contributed by atoms with E-state index in [1.807, 2.05) is 19.1 Å². The second kappa shape index (κ2) is 10.4. The van der Waals surface area contributed by atoms with Crippen LogP contribution in [-0.4, -0.2) is 28.7 Å². The van der Waals surface area contributed by atoms with E-state index in [0.29, 0.717) is 25.7 Å². The molecule has 0 fully saturated rings. The number of hydrogen-bond donors (Lipinski definition) is 2. The number of aromatic nitrogens is 1. The largest absolute Gasteiger partial charge is 2.00 e. The average molecular weight is 514 g/mol. The Bertz CT molecular complexity index is 404. The Labute approximate surface area is 151 Å². The number of ether oxygens (including phenoxy) is 1. The molecule has 114 valence electrons. The van der Waals surface area contributed by atoms with Crippen LogP contribution < -0.4 is 0 Å². The Kier molecular flexibility index (Phi) is 10.2. The minimum Gasteiger partial charge on any atom is -0.475 e. The minimum atomic E-state index is -0.536. The van der Waals surface area contributed by atoms with Gasteiger partial charge in [0.15, 0.2) is 5.90 Å². The Balaban J connectivity index is 0.00000400. The van der Waals surface area contributed by atoms with Gasteiger partial charge < -0.3 is 23.7 Å². The maximum absolute atomic E-state index is 9.21. The summed E-state index contributed by atoms with van der Waals surface area (Å²) in [6.07, 6.45) is 5.49. The van der Waals surface area contributed by atoms with E-state index in [-0.39, 0.29) is 49.7 Å². The zero-order valence-electron chi connectivity index (χ0n) is 12.6. The molecule has 1 rings (SSSR count). The van der Waals surface area contributed by atoms with Crippen molar-refractivity contribution in [2.45, 2.75) is 38.7 Å². The molecule has 21 heavy (non-hydrogen) atoms. The maximum atomic E-state index is 9.21. The Morgan fingerprint density at radius 1 is 1.48 bits per heavy atom. The predicted molar refractivity (Wildman–Crippen MR) is 80.3 cm³/mol. The second-order valence-electron chi connectivity index (χ2n) is 4.98. The summed E-state index contributed by atoms with van der Waals surface area (Å²) in [5.41, 5.74) is 0.497.